The van der Waals surface area contributed by atoms with Crippen LogP contribution in [0.2, 0.25) is 0 Å². The molecule has 2 amide bonds. The minimum Gasteiger partial charge on any atom is -0.375 e. The van der Waals surface area contributed by atoms with Gasteiger partial charge >= 0.3 is 6.03 Å². The molecular formula is C18H26FN3O2. The van der Waals surface area contributed by atoms with Gasteiger partial charge in [0.05, 0.1) is 18.8 Å². The Morgan fingerprint density at radius 3 is 2.88 bits per heavy atom. The van der Waals surface area contributed by atoms with E-state index in [0.29, 0.717) is 24.3 Å². The second kappa shape index (κ2) is 7.07. The molecule has 2 aliphatic rings. The van der Waals surface area contributed by atoms with Crippen molar-refractivity contribution < 1.29 is 13.9 Å². The molecule has 0 aliphatic carbocycles. The summed E-state index contributed by atoms with van der Waals surface area (Å²) in [7, 11) is 2.07. The second-order valence-electron chi connectivity index (χ2n) is 7.01. The fourth-order valence-corrected chi connectivity index (χ4v) is 3.50. The van der Waals surface area contributed by atoms with Crippen LogP contribution in [0.3, 0.4) is 0 Å². The minimum absolute atomic E-state index is 0.121. The van der Waals surface area contributed by atoms with Crippen molar-refractivity contribution in [1.29, 1.82) is 0 Å². The Kier molecular flexibility index (Phi) is 5.06. The number of ether oxygens (including phenoxy) is 1. The first kappa shape index (κ1) is 17.2. The lowest BCUT2D eigenvalue weighted by Crippen LogP contribution is -2.60. The van der Waals surface area contributed by atoms with Gasteiger partial charge in [-0.1, -0.05) is 19.9 Å². The zero-order valence-electron chi connectivity index (χ0n) is 14.6. The summed E-state index contributed by atoms with van der Waals surface area (Å²) in [5.41, 5.74) is 1.16. The molecule has 0 spiro atoms. The van der Waals surface area contributed by atoms with Crippen molar-refractivity contribution in [3.63, 3.8) is 0 Å². The summed E-state index contributed by atoms with van der Waals surface area (Å²) in [6, 6.07) is 4.96. The molecule has 24 heavy (non-hydrogen) atoms. The monoisotopic (exact) mass is 335 g/mol. The van der Waals surface area contributed by atoms with Gasteiger partial charge in [0.2, 0.25) is 0 Å². The van der Waals surface area contributed by atoms with Gasteiger partial charge in [-0.3, -0.25) is 4.90 Å². The number of morpholine rings is 1. The Hall–Kier alpha value is -1.66. The number of amides is 2. The number of nitrogens with one attached hydrogen (secondary N) is 1. The topological polar surface area (TPSA) is 44.8 Å². The van der Waals surface area contributed by atoms with Crippen LogP contribution >= 0.6 is 0 Å². The fourth-order valence-electron chi connectivity index (χ4n) is 3.50. The van der Waals surface area contributed by atoms with E-state index in [4.69, 9.17) is 4.74 Å². The van der Waals surface area contributed by atoms with E-state index in [1.165, 1.54) is 6.07 Å². The van der Waals surface area contributed by atoms with Crippen molar-refractivity contribution in [2.24, 2.45) is 0 Å². The normalized spacial score (nSPS) is 24.8. The maximum Gasteiger partial charge on any atom is 0.321 e. The van der Waals surface area contributed by atoms with Gasteiger partial charge in [-0.2, -0.15) is 0 Å². The minimum atomic E-state index is -0.276. The van der Waals surface area contributed by atoms with E-state index in [0.717, 1.165) is 19.6 Å². The molecule has 5 nitrogen and oxygen atoms in total. The molecule has 3 rings (SSSR count). The number of likely N-dealkylation sites (tertiary alicyclic amines) is 1. The number of nitrogens with zero attached hydrogens (tertiary/aromatic N) is 2. The summed E-state index contributed by atoms with van der Waals surface area (Å²) < 4.78 is 19.9. The predicted octanol–water partition coefficient (Wildman–Crippen LogP) is 2.89. The number of hydrogen-bond acceptors (Lipinski definition) is 3. The number of halogens is 1. The number of piperidine rings is 1. The number of carbonyl (C=O) groups excluding carboxylic acids is 1. The molecule has 0 aromatic heterocycles. The summed E-state index contributed by atoms with van der Waals surface area (Å²) >= 11 is 0. The van der Waals surface area contributed by atoms with Crippen LogP contribution in [0.15, 0.2) is 18.2 Å². The molecule has 2 saturated heterocycles. The number of rotatable bonds is 2. The average molecular weight is 335 g/mol. The Bertz CT molecular complexity index is 608. The first-order chi connectivity index (χ1) is 11.5. The Morgan fingerprint density at radius 1 is 1.38 bits per heavy atom. The highest BCUT2D eigenvalue weighted by molar-refractivity contribution is 5.89. The molecule has 2 aliphatic heterocycles. The number of hydrogen-bond donors (Lipinski definition) is 1. The molecular weight excluding hydrogens is 309 g/mol. The van der Waals surface area contributed by atoms with E-state index >= 15 is 0 Å². The number of fused-ring (bicyclic) bond motifs is 1. The lowest BCUT2D eigenvalue weighted by molar-refractivity contribution is -0.0875. The highest BCUT2D eigenvalue weighted by Gasteiger charge is 2.36. The number of anilines is 1. The zero-order chi connectivity index (χ0) is 17.3. The highest BCUT2D eigenvalue weighted by atomic mass is 19.1. The van der Waals surface area contributed by atoms with Crippen LogP contribution in [-0.4, -0.2) is 61.3 Å². The lowest BCUT2D eigenvalue weighted by Gasteiger charge is -2.45. The standard InChI is InChI=1S/C18H26FN3O2/c1-12(2)14-5-4-13(10-15(14)19)20-18(23)22-7-6-17-16(11-22)21(3)8-9-24-17/h4-5,10,12,16-17H,6-9,11H2,1-3H3,(H,20,23)/t16-,17-/m1/s1. The van der Waals surface area contributed by atoms with Gasteiger partial charge in [0, 0.05) is 25.3 Å². The Morgan fingerprint density at radius 2 is 2.17 bits per heavy atom. The Balaban J connectivity index is 1.64. The van der Waals surface area contributed by atoms with Crippen molar-refractivity contribution in [3.8, 4) is 0 Å². The molecule has 0 radical (unpaired) electrons. The predicted molar refractivity (Wildman–Crippen MR) is 91.9 cm³/mol. The SMILES string of the molecule is CC(C)c1ccc(NC(=O)N2CC[C@H]3OCCN(C)[C@@H]3C2)cc1F. The summed E-state index contributed by atoms with van der Waals surface area (Å²) in [6.45, 7) is 6.84. The molecule has 0 bridgehead atoms. The van der Waals surface area contributed by atoms with Crippen LogP contribution in [0.1, 0.15) is 31.7 Å². The largest absolute Gasteiger partial charge is 0.375 e. The Labute approximate surface area is 142 Å². The maximum absolute atomic E-state index is 14.1. The van der Waals surface area contributed by atoms with Crippen LogP contribution in [-0.2, 0) is 4.74 Å². The van der Waals surface area contributed by atoms with E-state index in [1.54, 1.807) is 17.0 Å². The van der Waals surface area contributed by atoms with Gasteiger partial charge in [0.15, 0.2) is 0 Å². The van der Waals surface area contributed by atoms with Crippen LogP contribution in [0.25, 0.3) is 0 Å². The molecule has 2 fully saturated rings. The van der Waals surface area contributed by atoms with E-state index < -0.39 is 0 Å². The van der Waals surface area contributed by atoms with Crippen LogP contribution in [0, 0.1) is 5.82 Å². The van der Waals surface area contributed by atoms with Gasteiger partial charge in [0.25, 0.3) is 0 Å². The number of carbonyl (C=O) groups is 1. The van der Waals surface area contributed by atoms with Crippen LogP contribution in [0.5, 0.6) is 0 Å². The van der Waals surface area contributed by atoms with E-state index in [9.17, 15) is 9.18 Å². The molecule has 132 valence electrons. The lowest BCUT2D eigenvalue weighted by atomic mass is 9.99. The molecule has 0 unspecified atom stereocenters. The van der Waals surface area contributed by atoms with Crippen LogP contribution in [0.4, 0.5) is 14.9 Å². The van der Waals surface area contributed by atoms with Crippen molar-refractivity contribution in [3.05, 3.63) is 29.6 Å². The van der Waals surface area contributed by atoms with Gasteiger partial charge < -0.3 is 15.0 Å². The molecule has 2 heterocycles. The van der Waals surface area contributed by atoms with E-state index in [2.05, 4.69) is 17.3 Å². The summed E-state index contributed by atoms with van der Waals surface area (Å²) in [4.78, 5) is 16.6. The first-order valence-electron chi connectivity index (χ1n) is 8.63. The first-order valence-corrected chi connectivity index (χ1v) is 8.63. The molecule has 6 heteroatoms. The number of urea groups is 1. The third-order valence-corrected chi connectivity index (χ3v) is 5.02. The zero-order valence-corrected chi connectivity index (χ0v) is 14.6. The van der Waals surface area contributed by atoms with E-state index in [-0.39, 0.29) is 29.9 Å². The average Bonchev–Trinajstić information content (AvgIpc) is 2.54. The van der Waals surface area contributed by atoms with Crippen molar-refractivity contribution in [2.45, 2.75) is 38.3 Å². The molecule has 1 aromatic rings. The summed E-state index contributed by atoms with van der Waals surface area (Å²) in [6.07, 6.45) is 1.04. The third-order valence-electron chi connectivity index (χ3n) is 5.02. The van der Waals surface area contributed by atoms with E-state index in [1.807, 2.05) is 13.8 Å². The summed E-state index contributed by atoms with van der Waals surface area (Å²) in [5, 5.41) is 2.82. The number of benzene rings is 1. The van der Waals surface area contributed by atoms with Gasteiger partial charge in [0.1, 0.15) is 5.82 Å². The molecule has 0 saturated carbocycles. The van der Waals surface area contributed by atoms with Crippen molar-refractivity contribution in [1.82, 2.24) is 9.80 Å². The molecule has 1 N–H and O–H groups in total. The summed E-state index contributed by atoms with van der Waals surface area (Å²) in [5.74, 6) is -0.155. The molecule has 2 atom stereocenters. The highest BCUT2D eigenvalue weighted by Crippen LogP contribution is 2.24. The van der Waals surface area contributed by atoms with Crippen molar-refractivity contribution >= 4 is 11.7 Å². The maximum atomic E-state index is 14.1. The fraction of sp³-hybridized carbons (Fsp3) is 0.611. The second-order valence-corrected chi connectivity index (χ2v) is 7.01. The van der Waals surface area contributed by atoms with Gasteiger partial charge in [-0.05, 0) is 37.1 Å². The van der Waals surface area contributed by atoms with Gasteiger partial charge in [-0.25, -0.2) is 9.18 Å². The molecule has 1 aromatic carbocycles. The van der Waals surface area contributed by atoms with Crippen LogP contribution < -0.4 is 5.32 Å². The third kappa shape index (κ3) is 3.54. The number of likely N-dealkylation sites (N-methyl/N-ethyl adjacent to an activating group) is 1. The smallest absolute Gasteiger partial charge is 0.321 e. The van der Waals surface area contributed by atoms with Crippen molar-refractivity contribution in [2.75, 3.05) is 38.6 Å². The quantitative estimate of drug-likeness (QED) is 0.904. The van der Waals surface area contributed by atoms with Gasteiger partial charge in [-0.15, -0.1) is 0 Å².